The van der Waals surface area contributed by atoms with E-state index in [-0.39, 0.29) is 11.9 Å². The Morgan fingerprint density at radius 3 is 2.89 bits per heavy atom. The first-order valence-corrected chi connectivity index (χ1v) is 6.15. The van der Waals surface area contributed by atoms with Gasteiger partial charge in [0.15, 0.2) is 5.76 Å². The zero-order valence-electron chi connectivity index (χ0n) is 10.7. The number of hydrogen-bond acceptors (Lipinski definition) is 3. The number of carbonyl (C=O) groups excluding carboxylic acids is 1. The van der Waals surface area contributed by atoms with Crippen molar-refractivity contribution in [3.05, 3.63) is 35.6 Å². The molecule has 0 saturated carbocycles. The molecule has 0 aliphatic rings. The summed E-state index contributed by atoms with van der Waals surface area (Å²) in [6.07, 6.45) is 0.807. The van der Waals surface area contributed by atoms with Crippen LogP contribution in [0.5, 0.6) is 0 Å². The number of rotatable bonds is 4. The van der Waals surface area contributed by atoms with Crippen molar-refractivity contribution in [1.29, 1.82) is 0 Å². The topological polar surface area (TPSA) is 68.3 Å². The summed E-state index contributed by atoms with van der Waals surface area (Å²) in [5.41, 5.74) is 7.43. The van der Waals surface area contributed by atoms with Crippen LogP contribution in [0.4, 0.5) is 0 Å². The Kier molecular flexibility index (Phi) is 3.67. The largest absolute Gasteiger partial charge is 0.451 e. The summed E-state index contributed by atoms with van der Waals surface area (Å²) < 4.78 is 5.52. The SMILES string of the molecule is CCC(CN)NC(=O)c1cc2cc(C)ccc2o1. The second kappa shape index (κ2) is 5.23. The number of fused-ring (bicyclic) bond motifs is 1. The van der Waals surface area contributed by atoms with E-state index in [1.807, 2.05) is 32.0 Å². The van der Waals surface area contributed by atoms with E-state index in [1.165, 1.54) is 0 Å². The fourth-order valence-electron chi connectivity index (χ4n) is 1.86. The van der Waals surface area contributed by atoms with E-state index < -0.39 is 0 Å². The van der Waals surface area contributed by atoms with E-state index in [1.54, 1.807) is 6.07 Å². The summed E-state index contributed by atoms with van der Waals surface area (Å²) in [5.74, 6) is 0.128. The molecule has 0 spiro atoms. The monoisotopic (exact) mass is 246 g/mol. The highest BCUT2D eigenvalue weighted by molar-refractivity contribution is 5.96. The quantitative estimate of drug-likeness (QED) is 0.869. The molecule has 1 amide bonds. The fourth-order valence-corrected chi connectivity index (χ4v) is 1.86. The fraction of sp³-hybridized carbons (Fsp3) is 0.357. The highest BCUT2D eigenvalue weighted by Crippen LogP contribution is 2.20. The van der Waals surface area contributed by atoms with Crippen molar-refractivity contribution < 1.29 is 9.21 Å². The lowest BCUT2D eigenvalue weighted by Crippen LogP contribution is -2.39. The molecule has 18 heavy (non-hydrogen) atoms. The van der Waals surface area contributed by atoms with Gasteiger partial charge in [-0.2, -0.15) is 0 Å². The normalized spacial score (nSPS) is 12.6. The van der Waals surface area contributed by atoms with Crippen molar-refractivity contribution in [3.63, 3.8) is 0 Å². The van der Waals surface area contributed by atoms with E-state index in [0.29, 0.717) is 12.3 Å². The maximum atomic E-state index is 12.0. The highest BCUT2D eigenvalue weighted by atomic mass is 16.3. The predicted molar refractivity (Wildman–Crippen MR) is 71.6 cm³/mol. The third-order valence-electron chi connectivity index (χ3n) is 3.01. The summed E-state index contributed by atoms with van der Waals surface area (Å²) >= 11 is 0. The molecule has 1 aromatic heterocycles. The molecule has 2 rings (SSSR count). The molecule has 2 aromatic rings. The molecule has 0 aliphatic carbocycles. The number of furan rings is 1. The second-order valence-electron chi connectivity index (χ2n) is 4.47. The van der Waals surface area contributed by atoms with Crippen LogP contribution < -0.4 is 11.1 Å². The van der Waals surface area contributed by atoms with E-state index in [4.69, 9.17) is 10.2 Å². The lowest BCUT2D eigenvalue weighted by Gasteiger charge is -2.12. The van der Waals surface area contributed by atoms with Crippen molar-refractivity contribution in [1.82, 2.24) is 5.32 Å². The lowest BCUT2D eigenvalue weighted by molar-refractivity contribution is 0.0911. The number of aryl methyl sites for hydroxylation is 1. The van der Waals surface area contributed by atoms with Gasteiger partial charge in [-0.3, -0.25) is 4.79 Å². The van der Waals surface area contributed by atoms with Gasteiger partial charge in [-0.15, -0.1) is 0 Å². The third kappa shape index (κ3) is 2.54. The molecule has 1 aromatic carbocycles. The maximum absolute atomic E-state index is 12.0. The molecule has 1 heterocycles. The van der Waals surface area contributed by atoms with E-state index >= 15 is 0 Å². The Morgan fingerprint density at radius 1 is 1.44 bits per heavy atom. The number of benzene rings is 1. The first-order valence-electron chi connectivity index (χ1n) is 6.15. The van der Waals surface area contributed by atoms with Crippen LogP contribution in [0, 0.1) is 6.92 Å². The van der Waals surface area contributed by atoms with Gasteiger partial charge in [-0.25, -0.2) is 0 Å². The van der Waals surface area contributed by atoms with Gasteiger partial charge >= 0.3 is 0 Å². The van der Waals surface area contributed by atoms with Crippen molar-refractivity contribution in [2.24, 2.45) is 5.73 Å². The number of carbonyl (C=O) groups is 1. The molecule has 4 nitrogen and oxygen atoms in total. The van der Waals surface area contributed by atoms with Crippen LogP contribution in [0.2, 0.25) is 0 Å². The van der Waals surface area contributed by atoms with Gasteiger partial charge in [0.2, 0.25) is 0 Å². The second-order valence-corrected chi connectivity index (χ2v) is 4.47. The van der Waals surface area contributed by atoms with Gasteiger partial charge in [0.05, 0.1) is 0 Å². The van der Waals surface area contributed by atoms with E-state index in [0.717, 1.165) is 23.0 Å². The van der Waals surface area contributed by atoms with Crippen molar-refractivity contribution in [2.75, 3.05) is 6.54 Å². The van der Waals surface area contributed by atoms with Crippen LogP contribution in [-0.2, 0) is 0 Å². The molecule has 0 aliphatic heterocycles. The number of nitrogens with two attached hydrogens (primary N) is 1. The molecule has 0 fully saturated rings. The van der Waals surface area contributed by atoms with Crippen molar-refractivity contribution in [3.8, 4) is 0 Å². The Labute approximate surface area is 106 Å². The molecule has 4 heteroatoms. The van der Waals surface area contributed by atoms with Gasteiger partial charge < -0.3 is 15.5 Å². The van der Waals surface area contributed by atoms with E-state index in [9.17, 15) is 4.79 Å². The van der Waals surface area contributed by atoms with Crippen LogP contribution >= 0.6 is 0 Å². The van der Waals surface area contributed by atoms with Crippen molar-refractivity contribution in [2.45, 2.75) is 26.3 Å². The van der Waals surface area contributed by atoms with Crippen molar-refractivity contribution >= 4 is 16.9 Å². The molecule has 0 bridgehead atoms. The maximum Gasteiger partial charge on any atom is 0.287 e. The molecule has 1 atom stereocenters. The van der Waals surface area contributed by atoms with Gasteiger partial charge in [-0.1, -0.05) is 18.6 Å². The van der Waals surface area contributed by atoms with Gasteiger partial charge in [0, 0.05) is 18.0 Å². The summed E-state index contributed by atoms with van der Waals surface area (Å²) in [7, 11) is 0. The summed E-state index contributed by atoms with van der Waals surface area (Å²) in [4.78, 5) is 12.0. The average molecular weight is 246 g/mol. The van der Waals surface area contributed by atoms with Gasteiger partial charge in [-0.05, 0) is 31.5 Å². The number of hydrogen-bond donors (Lipinski definition) is 2. The molecular formula is C14H18N2O2. The first kappa shape index (κ1) is 12.6. The summed E-state index contributed by atoms with van der Waals surface area (Å²) in [6.45, 7) is 4.43. The minimum Gasteiger partial charge on any atom is -0.451 e. The first-order chi connectivity index (χ1) is 8.63. The molecular weight excluding hydrogens is 228 g/mol. The van der Waals surface area contributed by atoms with Crippen LogP contribution in [-0.4, -0.2) is 18.5 Å². The van der Waals surface area contributed by atoms with Crippen LogP contribution in [0.3, 0.4) is 0 Å². The average Bonchev–Trinajstić information content (AvgIpc) is 2.78. The standard InChI is InChI=1S/C14H18N2O2/c1-3-11(8-15)16-14(17)13-7-10-6-9(2)4-5-12(10)18-13/h4-7,11H,3,8,15H2,1-2H3,(H,16,17). The van der Waals surface area contributed by atoms with Gasteiger partial charge in [0.1, 0.15) is 5.58 Å². The van der Waals surface area contributed by atoms with Crippen LogP contribution in [0.25, 0.3) is 11.0 Å². The highest BCUT2D eigenvalue weighted by Gasteiger charge is 2.15. The van der Waals surface area contributed by atoms with Crippen LogP contribution in [0.1, 0.15) is 29.5 Å². The molecule has 96 valence electrons. The zero-order chi connectivity index (χ0) is 13.1. The molecule has 3 N–H and O–H groups in total. The van der Waals surface area contributed by atoms with E-state index in [2.05, 4.69) is 5.32 Å². The number of amides is 1. The summed E-state index contributed by atoms with van der Waals surface area (Å²) in [5, 5.41) is 3.80. The Balaban J connectivity index is 2.23. The predicted octanol–water partition coefficient (Wildman–Crippen LogP) is 2.21. The molecule has 0 radical (unpaired) electrons. The third-order valence-corrected chi connectivity index (χ3v) is 3.01. The number of nitrogens with one attached hydrogen (secondary N) is 1. The summed E-state index contributed by atoms with van der Waals surface area (Å²) in [6, 6.07) is 7.59. The Bertz CT molecular complexity index is 556. The lowest BCUT2D eigenvalue weighted by atomic mass is 10.2. The smallest absolute Gasteiger partial charge is 0.287 e. The molecule has 0 saturated heterocycles. The Morgan fingerprint density at radius 2 is 2.22 bits per heavy atom. The van der Waals surface area contributed by atoms with Crippen LogP contribution in [0.15, 0.2) is 28.7 Å². The molecule has 1 unspecified atom stereocenters. The minimum absolute atomic E-state index is 0.00699. The Hall–Kier alpha value is -1.81. The zero-order valence-corrected chi connectivity index (χ0v) is 10.7. The van der Waals surface area contributed by atoms with Gasteiger partial charge in [0.25, 0.3) is 5.91 Å². The minimum atomic E-state index is -0.207.